The second-order valence-electron chi connectivity index (χ2n) is 9.69. The Balaban J connectivity index is 1.18. The molecule has 0 aromatic heterocycles. The fraction of sp³-hybridized carbons (Fsp3) is 0.556. The molecule has 2 aromatic carbocycles. The molecule has 3 heteroatoms. The Morgan fingerprint density at radius 2 is 1.33 bits per heavy atom. The SMILES string of the molecule is c1ccc(CN(c2ccccc2)C2CCC(N3CCN(CC4CC4)CC3)CC2)cc1. The van der Waals surface area contributed by atoms with E-state index in [2.05, 4.69) is 75.4 Å². The lowest BCUT2D eigenvalue weighted by atomic mass is 9.88. The van der Waals surface area contributed by atoms with Crippen LogP contribution in [0, 0.1) is 5.92 Å². The topological polar surface area (TPSA) is 9.72 Å². The molecule has 1 aliphatic heterocycles. The summed E-state index contributed by atoms with van der Waals surface area (Å²) in [4.78, 5) is 8.19. The lowest BCUT2D eigenvalue weighted by molar-refractivity contribution is 0.0737. The van der Waals surface area contributed by atoms with E-state index in [1.807, 2.05) is 0 Å². The van der Waals surface area contributed by atoms with Gasteiger partial charge in [-0.2, -0.15) is 0 Å². The molecule has 2 saturated carbocycles. The quantitative estimate of drug-likeness (QED) is 0.642. The van der Waals surface area contributed by atoms with E-state index in [4.69, 9.17) is 0 Å². The lowest BCUT2D eigenvalue weighted by Gasteiger charge is -2.44. The molecule has 0 atom stereocenters. The predicted octanol–water partition coefficient (Wildman–Crippen LogP) is 5.03. The fourth-order valence-corrected chi connectivity index (χ4v) is 5.54. The third-order valence-electron chi connectivity index (χ3n) is 7.53. The van der Waals surface area contributed by atoms with Crippen molar-refractivity contribution >= 4 is 5.69 Å². The van der Waals surface area contributed by atoms with E-state index >= 15 is 0 Å². The molecule has 1 heterocycles. The van der Waals surface area contributed by atoms with Gasteiger partial charge in [-0.15, -0.1) is 0 Å². The fourth-order valence-electron chi connectivity index (χ4n) is 5.54. The average molecular weight is 404 g/mol. The van der Waals surface area contributed by atoms with E-state index in [0.717, 1.165) is 18.5 Å². The maximum Gasteiger partial charge on any atom is 0.0432 e. The normalized spacial score (nSPS) is 25.9. The van der Waals surface area contributed by atoms with Gasteiger partial charge in [0.25, 0.3) is 0 Å². The van der Waals surface area contributed by atoms with Crippen LogP contribution in [-0.4, -0.2) is 54.6 Å². The maximum absolute atomic E-state index is 2.81. The number of piperazine rings is 1. The van der Waals surface area contributed by atoms with E-state index in [0.29, 0.717) is 6.04 Å². The Bertz CT molecular complexity index is 757. The molecule has 5 rings (SSSR count). The second-order valence-corrected chi connectivity index (χ2v) is 9.69. The zero-order valence-electron chi connectivity index (χ0n) is 18.3. The Hall–Kier alpha value is -1.84. The molecule has 2 aromatic rings. The van der Waals surface area contributed by atoms with Crippen molar-refractivity contribution < 1.29 is 0 Å². The Labute approximate surface area is 182 Å². The molecule has 160 valence electrons. The summed E-state index contributed by atoms with van der Waals surface area (Å²) >= 11 is 0. The maximum atomic E-state index is 2.81. The highest BCUT2D eigenvalue weighted by molar-refractivity contribution is 5.48. The van der Waals surface area contributed by atoms with E-state index in [9.17, 15) is 0 Å². The van der Waals surface area contributed by atoms with Crippen LogP contribution in [0.3, 0.4) is 0 Å². The minimum atomic E-state index is 0.653. The van der Waals surface area contributed by atoms with Crippen LogP contribution in [0.2, 0.25) is 0 Å². The van der Waals surface area contributed by atoms with Gasteiger partial charge in [-0.3, -0.25) is 4.90 Å². The standard InChI is InChI=1S/C27H37N3/c1-3-7-23(8-4-1)22-30(26-9-5-2-6-10-26)27-15-13-25(14-16-27)29-19-17-28(18-20-29)21-24-11-12-24/h1-10,24-25,27H,11-22H2. The number of para-hydroxylation sites is 1. The first-order chi connectivity index (χ1) is 14.8. The molecule has 0 amide bonds. The highest BCUT2D eigenvalue weighted by atomic mass is 15.3. The molecule has 0 unspecified atom stereocenters. The van der Waals surface area contributed by atoms with Crippen molar-refractivity contribution in [1.29, 1.82) is 0 Å². The summed E-state index contributed by atoms with van der Waals surface area (Å²) in [5, 5.41) is 0. The van der Waals surface area contributed by atoms with Crippen LogP contribution in [0.25, 0.3) is 0 Å². The van der Waals surface area contributed by atoms with Crippen LogP contribution in [0.1, 0.15) is 44.1 Å². The smallest absolute Gasteiger partial charge is 0.0432 e. The molecule has 0 radical (unpaired) electrons. The van der Waals surface area contributed by atoms with Gasteiger partial charge >= 0.3 is 0 Å². The zero-order chi connectivity index (χ0) is 20.2. The molecule has 0 bridgehead atoms. The van der Waals surface area contributed by atoms with E-state index in [1.165, 1.54) is 82.5 Å². The molecule has 3 fully saturated rings. The van der Waals surface area contributed by atoms with Gasteiger partial charge in [0.2, 0.25) is 0 Å². The van der Waals surface area contributed by atoms with E-state index in [-0.39, 0.29) is 0 Å². The summed E-state index contributed by atoms with van der Waals surface area (Å²) in [6.07, 6.45) is 8.29. The van der Waals surface area contributed by atoms with Crippen molar-refractivity contribution in [2.45, 2.75) is 57.2 Å². The Morgan fingerprint density at radius 3 is 1.97 bits per heavy atom. The monoisotopic (exact) mass is 403 g/mol. The van der Waals surface area contributed by atoms with E-state index in [1.54, 1.807) is 0 Å². The van der Waals surface area contributed by atoms with Crippen LogP contribution in [-0.2, 0) is 6.54 Å². The predicted molar refractivity (Wildman–Crippen MR) is 126 cm³/mol. The van der Waals surface area contributed by atoms with Crippen LogP contribution >= 0.6 is 0 Å². The molecule has 1 saturated heterocycles. The van der Waals surface area contributed by atoms with E-state index < -0.39 is 0 Å². The summed E-state index contributed by atoms with van der Waals surface area (Å²) in [6.45, 7) is 7.54. The van der Waals surface area contributed by atoms with Gasteiger partial charge in [0, 0.05) is 57.0 Å². The lowest BCUT2D eigenvalue weighted by Crippen LogP contribution is -2.52. The van der Waals surface area contributed by atoms with Crippen molar-refractivity contribution in [1.82, 2.24) is 9.80 Å². The molecular formula is C27H37N3. The summed E-state index contributed by atoms with van der Waals surface area (Å²) in [7, 11) is 0. The zero-order valence-corrected chi connectivity index (χ0v) is 18.3. The molecule has 3 aliphatic rings. The number of nitrogens with zero attached hydrogens (tertiary/aromatic N) is 3. The number of hydrogen-bond donors (Lipinski definition) is 0. The van der Waals surface area contributed by atoms with Gasteiger partial charge in [-0.25, -0.2) is 0 Å². The highest BCUT2D eigenvalue weighted by Crippen LogP contribution is 2.33. The second kappa shape index (κ2) is 9.53. The minimum Gasteiger partial charge on any atom is -0.364 e. The number of hydrogen-bond acceptors (Lipinski definition) is 3. The molecule has 30 heavy (non-hydrogen) atoms. The van der Waals surface area contributed by atoms with Crippen molar-refractivity contribution in [3.8, 4) is 0 Å². The Morgan fingerprint density at radius 1 is 0.700 bits per heavy atom. The van der Waals surface area contributed by atoms with Crippen LogP contribution in [0.5, 0.6) is 0 Å². The van der Waals surface area contributed by atoms with Crippen LogP contribution in [0.15, 0.2) is 60.7 Å². The van der Waals surface area contributed by atoms with Crippen molar-refractivity contribution in [3.63, 3.8) is 0 Å². The van der Waals surface area contributed by atoms with Gasteiger partial charge in [0.05, 0.1) is 0 Å². The highest BCUT2D eigenvalue weighted by Gasteiger charge is 2.32. The van der Waals surface area contributed by atoms with Crippen LogP contribution in [0.4, 0.5) is 5.69 Å². The molecule has 0 spiro atoms. The van der Waals surface area contributed by atoms with Gasteiger partial charge in [0.15, 0.2) is 0 Å². The largest absolute Gasteiger partial charge is 0.364 e. The van der Waals surface area contributed by atoms with Crippen molar-refractivity contribution in [3.05, 3.63) is 66.2 Å². The first-order valence-electron chi connectivity index (χ1n) is 12.2. The minimum absolute atomic E-state index is 0.653. The van der Waals surface area contributed by atoms with Gasteiger partial charge < -0.3 is 9.80 Å². The van der Waals surface area contributed by atoms with Gasteiger partial charge in [0.1, 0.15) is 0 Å². The summed E-state index contributed by atoms with van der Waals surface area (Å²) in [5.74, 6) is 1.03. The third-order valence-corrected chi connectivity index (χ3v) is 7.53. The van der Waals surface area contributed by atoms with Crippen LogP contribution < -0.4 is 4.90 Å². The average Bonchev–Trinajstić information content (AvgIpc) is 3.64. The molecule has 3 nitrogen and oxygen atoms in total. The summed E-state index contributed by atoms with van der Waals surface area (Å²) in [6, 6.07) is 23.5. The van der Waals surface area contributed by atoms with Gasteiger partial charge in [-0.1, -0.05) is 48.5 Å². The molecule has 0 N–H and O–H groups in total. The summed E-state index contributed by atoms with van der Waals surface area (Å²) in [5.41, 5.74) is 2.79. The summed E-state index contributed by atoms with van der Waals surface area (Å²) < 4.78 is 0. The number of benzene rings is 2. The van der Waals surface area contributed by atoms with Gasteiger partial charge in [-0.05, 0) is 62.1 Å². The molecular weight excluding hydrogens is 366 g/mol. The van der Waals surface area contributed by atoms with Crippen molar-refractivity contribution in [2.24, 2.45) is 5.92 Å². The first-order valence-corrected chi connectivity index (χ1v) is 12.2. The first kappa shape index (κ1) is 20.1. The number of rotatable bonds is 7. The number of anilines is 1. The molecule has 2 aliphatic carbocycles. The third kappa shape index (κ3) is 5.07. The van der Waals surface area contributed by atoms with Crippen molar-refractivity contribution in [2.75, 3.05) is 37.6 Å². The Kier molecular flexibility index (Phi) is 6.38.